The predicted octanol–water partition coefficient (Wildman–Crippen LogP) is -0.273. The van der Waals surface area contributed by atoms with E-state index < -0.39 is 5.97 Å². The van der Waals surface area contributed by atoms with Gasteiger partial charge in [-0.05, 0) is 34.0 Å². The molecule has 0 aromatic carbocycles. The summed E-state index contributed by atoms with van der Waals surface area (Å²) < 4.78 is 4.78. The van der Waals surface area contributed by atoms with Crippen LogP contribution in [0.4, 0.5) is 4.79 Å². The molecule has 1 unspecified atom stereocenters. The second-order valence-corrected chi connectivity index (χ2v) is 4.34. The normalized spacial score (nSPS) is 12.2. The Morgan fingerprint density at radius 2 is 2.06 bits per heavy atom. The number of hydrogen-bond donors (Lipinski definition) is 3. The molecule has 0 aliphatic carbocycles. The van der Waals surface area contributed by atoms with Crippen LogP contribution in [-0.4, -0.2) is 68.4 Å². The lowest BCUT2D eigenvalue weighted by molar-refractivity contribution is -0.142. The molecule has 106 valence electrons. The SMILES string of the molecule is CC(CCN(C)C)NC(=O)NCCOCC(=O)O. The van der Waals surface area contributed by atoms with Crippen molar-refractivity contribution in [1.82, 2.24) is 15.5 Å². The molecule has 0 saturated carbocycles. The monoisotopic (exact) mass is 261 g/mol. The zero-order chi connectivity index (χ0) is 14.0. The third-order valence-electron chi connectivity index (χ3n) is 2.14. The van der Waals surface area contributed by atoms with E-state index in [1.807, 2.05) is 21.0 Å². The van der Waals surface area contributed by atoms with Crippen LogP contribution in [0.15, 0.2) is 0 Å². The molecule has 1 atom stereocenters. The molecule has 0 radical (unpaired) electrons. The van der Waals surface area contributed by atoms with Gasteiger partial charge in [-0.15, -0.1) is 0 Å². The maximum Gasteiger partial charge on any atom is 0.329 e. The molecule has 3 N–H and O–H groups in total. The summed E-state index contributed by atoms with van der Waals surface area (Å²) in [7, 11) is 3.96. The molecule has 0 heterocycles. The molecule has 0 bridgehead atoms. The van der Waals surface area contributed by atoms with Crippen LogP contribution < -0.4 is 10.6 Å². The van der Waals surface area contributed by atoms with Gasteiger partial charge in [-0.1, -0.05) is 0 Å². The lowest BCUT2D eigenvalue weighted by Gasteiger charge is -2.17. The van der Waals surface area contributed by atoms with Gasteiger partial charge in [0.05, 0.1) is 6.61 Å². The Hall–Kier alpha value is -1.34. The Morgan fingerprint density at radius 1 is 1.39 bits per heavy atom. The van der Waals surface area contributed by atoms with Gasteiger partial charge in [0.25, 0.3) is 0 Å². The number of hydrogen-bond acceptors (Lipinski definition) is 4. The van der Waals surface area contributed by atoms with Crippen molar-refractivity contribution in [3.63, 3.8) is 0 Å². The van der Waals surface area contributed by atoms with Gasteiger partial charge in [-0.2, -0.15) is 0 Å². The molecule has 0 aromatic rings. The van der Waals surface area contributed by atoms with Gasteiger partial charge < -0.3 is 25.4 Å². The van der Waals surface area contributed by atoms with Gasteiger partial charge >= 0.3 is 12.0 Å². The average Bonchev–Trinajstić information content (AvgIpc) is 2.25. The number of nitrogens with zero attached hydrogens (tertiary/aromatic N) is 1. The van der Waals surface area contributed by atoms with Crippen molar-refractivity contribution in [1.29, 1.82) is 0 Å². The van der Waals surface area contributed by atoms with Crippen molar-refractivity contribution in [2.75, 3.05) is 40.4 Å². The maximum absolute atomic E-state index is 11.4. The van der Waals surface area contributed by atoms with E-state index in [2.05, 4.69) is 15.5 Å². The zero-order valence-electron chi connectivity index (χ0n) is 11.2. The lowest BCUT2D eigenvalue weighted by atomic mass is 10.2. The fourth-order valence-corrected chi connectivity index (χ4v) is 1.20. The number of aliphatic carboxylic acids is 1. The summed E-state index contributed by atoms with van der Waals surface area (Å²) in [6.45, 7) is 2.97. The van der Waals surface area contributed by atoms with Crippen LogP contribution in [0.1, 0.15) is 13.3 Å². The van der Waals surface area contributed by atoms with Crippen LogP contribution in [0.2, 0.25) is 0 Å². The summed E-state index contributed by atoms with van der Waals surface area (Å²) in [5, 5.41) is 13.7. The Morgan fingerprint density at radius 3 is 2.61 bits per heavy atom. The maximum atomic E-state index is 11.4. The number of ether oxygens (including phenoxy) is 1. The number of carboxylic acids is 1. The average molecular weight is 261 g/mol. The van der Waals surface area contributed by atoms with Crippen LogP contribution >= 0.6 is 0 Å². The molecule has 0 aliphatic heterocycles. The third kappa shape index (κ3) is 11.2. The molecule has 2 amide bonds. The molecule has 0 aromatic heterocycles. The van der Waals surface area contributed by atoms with E-state index >= 15 is 0 Å². The summed E-state index contributed by atoms with van der Waals surface area (Å²) in [6, 6.07) is -0.174. The van der Waals surface area contributed by atoms with Crippen LogP contribution in [0.3, 0.4) is 0 Å². The number of carbonyl (C=O) groups is 2. The quantitative estimate of drug-likeness (QED) is 0.497. The summed E-state index contributed by atoms with van der Waals surface area (Å²) in [5.41, 5.74) is 0. The van der Waals surface area contributed by atoms with Gasteiger partial charge in [0.2, 0.25) is 0 Å². The zero-order valence-corrected chi connectivity index (χ0v) is 11.2. The number of urea groups is 1. The molecule has 7 heteroatoms. The first-order valence-corrected chi connectivity index (χ1v) is 5.90. The largest absolute Gasteiger partial charge is 0.480 e. The molecular formula is C11H23N3O4. The minimum Gasteiger partial charge on any atom is -0.480 e. The summed E-state index contributed by atoms with van der Waals surface area (Å²) in [6.07, 6.45) is 0.871. The summed E-state index contributed by atoms with van der Waals surface area (Å²) >= 11 is 0. The molecule has 0 spiro atoms. The van der Waals surface area contributed by atoms with Crippen molar-refractivity contribution in [2.45, 2.75) is 19.4 Å². The van der Waals surface area contributed by atoms with Gasteiger partial charge in [-0.25, -0.2) is 9.59 Å². The topological polar surface area (TPSA) is 90.9 Å². The molecule has 7 nitrogen and oxygen atoms in total. The highest BCUT2D eigenvalue weighted by molar-refractivity contribution is 5.74. The second-order valence-electron chi connectivity index (χ2n) is 4.34. The molecule has 0 fully saturated rings. The number of nitrogens with one attached hydrogen (secondary N) is 2. The highest BCUT2D eigenvalue weighted by Crippen LogP contribution is 1.91. The highest BCUT2D eigenvalue weighted by Gasteiger charge is 2.06. The van der Waals surface area contributed by atoms with Crippen molar-refractivity contribution < 1.29 is 19.4 Å². The second kappa shape index (κ2) is 9.67. The Bertz CT molecular complexity index is 259. The third-order valence-corrected chi connectivity index (χ3v) is 2.14. The van der Waals surface area contributed by atoms with Crippen molar-refractivity contribution in [3.05, 3.63) is 0 Å². The van der Waals surface area contributed by atoms with Crippen LogP contribution in [0.25, 0.3) is 0 Å². The summed E-state index contributed by atoms with van der Waals surface area (Å²) in [4.78, 5) is 23.6. The Kier molecular flexibility index (Phi) is 8.95. The Labute approximate surface area is 107 Å². The van der Waals surface area contributed by atoms with Crippen molar-refractivity contribution in [2.24, 2.45) is 0 Å². The van der Waals surface area contributed by atoms with Gasteiger partial charge in [-0.3, -0.25) is 0 Å². The van der Waals surface area contributed by atoms with Crippen molar-refractivity contribution in [3.8, 4) is 0 Å². The van der Waals surface area contributed by atoms with E-state index in [4.69, 9.17) is 9.84 Å². The first-order chi connectivity index (χ1) is 8.41. The van der Waals surface area contributed by atoms with E-state index in [1.54, 1.807) is 0 Å². The number of amides is 2. The van der Waals surface area contributed by atoms with E-state index in [-0.39, 0.29) is 25.3 Å². The van der Waals surface area contributed by atoms with Gasteiger partial charge in [0.1, 0.15) is 6.61 Å². The van der Waals surface area contributed by atoms with Crippen molar-refractivity contribution >= 4 is 12.0 Å². The van der Waals surface area contributed by atoms with Crippen LogP contribution in [0, 0.1) is 0 Å². The smallest absolute Gasteiger partial charge is 0.329 e. The lowest BCUT2D eigenvalue weighted by Crippen LogP contribution is -2.42. The minimum atomic E-state index is -1.02. The Balaban J connectivity index is 3.49. The van der Waals surface area contributed by atoms with E-state index in [1.165, 1.54) is 0 Å². The van der Waals surface area contributed by atoms with E-state index in [0.29, 0.717) is 6.54 Å². The van der Waals surface area contributed by atoms with Crippen LogP contribution in [0.5, 0.6) is 0 Å². The molecule has 18 heavy (non-hydrogen) atoms. The first-order valence-electron chi connectivity index (χ1n) is 5.90. The van der Waals surface area contributed by atoms with Gasteiger partial charge in [0, 0.05) is 12.6 Å². The standard InChI is InChI=1S/C11H23N3O4/c1-9(4-6-14(2)3)13-11(17)12-5-7-18-8-10(15)16/h9H,4-8H2,1-3H3,(H,15,16)(H2,12,13,17). The molecule has 0 aliphatic rings. The fourth-order valence-electron chi connectivity index (χ4n) is 1.20. The predicted molar refractivity (Wildman–Crippen MR) is 67.6 cm³/mol. The minimum absolute atomic E-state index is 0.0901. The number of carbonyl (C=O) groups excluding carboxylic acids is 1. The molecular weight excluding hydrogens is 238 g/mol. The summed E-state index contributed by atoms with van der Waals surface area (Å²) in [5.74, 6) is -1.02. The molecule has 0 rings (SSSR count). The van der Waals surface area contributed by atoms with E-state index in [9.17, 15) is 9.59 Å². The van der Waals surface area contributed by atoms with E-state index in [0.717, 1.165) is 13.0 Å². The van der Waals surface area contributed by atoms with Gasteiger partial charge in [0.15, 0.2) is 0 Å². The first kappa shape index (κ1) is 16.7. The fraction of sp³-hybridized carbons (Fsp3) is 0.818. The molecule has 0 saturated heterocycles. The highest BCUT2D eigenvalue weighted by atomic mass is 16.5. The van der Waals surface area contributed by atoms with Crippen LogP contribution in [-0.2, 0) is 9.53 Å². The number of rotatable bonds is 9. The number of carboxylic acid groups (broad SMARTS) is 1.